The van der Waals surface area contributed by atoms with E-state index in [9.17, 15) is 18.0 Å². The first-order valence-electron chi connectivity index (χ1n) is 8.44. The molecule has 0 saturated heterocycles. The average Bonchev–Trinajstić information content (AvgIpc) is 3.07. The lowest BCUT2D eigenvalue weighted by molar-refractivity contribution is 0.0498. The van der Waals surface area contributed by atoms with Gasteiger partial charge in [-0.2, -0.15) is 0 Å². The maximum atomic E-state index is 13.9. The van der Waals surface area contributed by atoms with Crippen LogP contribution in [0.2, 0.25) is 0 Å². The van der Waals surface area contributed by atoms with Crippen LogP contribution in [0.15, 0.2) is 59.0 Å². The number of benzene rings is 2. The maximum Gasteiger partial charge on any atom is 0.371 e. The average molecular weight is 390 g/mol. The predicted octanol–water partition coefficient (Wildman–Crippen LogP) is 5.81. The largest absolute Gasteiger partial charge is 0.489 e. The third kappa shape index (κ3) is 4.19. The molecule has 0 bridgehead atoms. The Kier molecular flexibility index (Phi) is 5.73. The summed E-state index contributed by atoms with van der Waals surface area (Å²) in [6.07, 6.45) is -5.46. The highest BCUT2D eigenvalue weighted by molar-refractivity contribution is 5.84. The van der Waals surface area contributed by atoms with Gasteiger partial charge in [0, 0.05) is 5.56 Å². The zero-order valence-electron chi connectivity index (χ0n) is 14.9. The maximum absolute atomic E-state index is 13.9. The van der Waals surface area contributed by atoms with Crippen molar-refractivity contribution in [1.29, 1.82) is 0 Å². The van der Waals surface area contributed by atoms with Crippen LogP contribution in [0, 0.1) is 6.92 Å². The molecule has 1 N–H and O–H groups in total. The summed E-state index contributed by atoms with van der Waals surface area (Å²) in [5, 5.41) is 8.93. The van der Waals surface area contributed by atoms with Crippen LogP contribution in [0.3, 0.4) is 0 Å². The van der Waals surface area contributed by atoms with Crippen molar-refractivity contribution in [3.05, 3.63) is 77.2 Å². The van der Waals surface area contributed by atoms with E-state index in [1.807, 2.05) is 0 Å². The van der Waals surface area contributed by atoms with Crippen molar-refractivity contribution >= 4 is 5.97 Å². The summed E-state index contributed by atoms with van der Waals surface area (Å²) in [5.74, 6) is -0.386. The van der Waals surface area contributed by atoms with Crippen LogP contribution in [0.1, 0.15) is 33.6 Å². The number of halogens is 3. The van der Waals surface area contributed by atoms with Crippen molar-refractivity contribution in [2.24, 2.45) is 0 Å². The van der Waals surface area contributed by atoms with Crippen LogP contribution in [-0.2, 0) is 6.61 Å². The minimum atomic E-state index is -3.10. The predicted molar refractivity (Wildman–Crippen MR) is 96.5 cm³/mol. The summed E-state index contributed by atoms with van der Waals surface area (Å²) < 4.78 is 50.2. The molecule has 0 fully saturated rings. The highest BCUT2D eigenvalue weighted by atomic mass is 19.3. The monoisotopic (exact) mass is 390 g/mol. The lowest BCUT2D eigenvalue weighted by Gasteiger charge is -2.14. The van der Waals surface area contributed by atoms with E-state index in [4.69, 9.17) is 14.3 Å². The molecule has 2 aromatic carbocycles. The number of furan rings is 1. The van der Waals surface area contributed by atoms with Crippen LogP contribution < -0.4 is 4.74 Å². The zero-order valence-corrected chi connectivity index (χ0v) is 14.9. The first kappa shape index (κ1) is 19.5. The van der Waals surface area contributed by atoms with Gasteiger partial charge >= 0.3 is 5.97 Å². The van der Waals surface area contributed by atoms with Gasteiger partial charge in [0.1, 0.15) is 18.1 Å². The molecule has 7 heteroatoms. The van der Waals surface area contributed by atoms with E-state index < -0.39 is 18.6 Å². The number of aromatic carboxylic acids is 1. The molecular formula is C21H17F3O4. The molecule has 1 atom stereocenters. The summed E-state index contributed by atoms with van der Waals surface area (Å²) in [7, 11) is 0. The number of rotatable bonds is 7. The molecule has 28 heavy (non-hydrogen) atoms. The second-order valence-electron chi connectivity index (χ2n) is 6.13. The summed E-state index contributed by atoms with van der Waals surface area (Å²) in [6, 6.07) is 14.1. The smallest absolute Gasteiger partial charge is 0.371 e. The number of aryl methyl sites for hydroxylation is 1. The second kappa shape index (κ2) is 8.21. The number of carboxylic acids is 1. The zero-order chi connectivity index (χ0) is 20.3. The molecule has 3 rings (SSSR count). The molecule has 0 aliphatic carbocycles. The van der Waals surface area contributed by atoms with E-state index >= 15 is 0 Å². The normalized spacial score (nSPS) is 12.2. The van der Waals surface area contributed by atoms with Crippen LogP contribution in [0.4, 0.5) is 13.2 Å². The van der Waals surface area contributed by atoms with Crippen molar-refractivity contribution < 1.29 is 32.2 Å². The molecule has 0 radical (unpaired) electrons. The Hall–Kier alpha value is -3.22. The Balaban J connectivity index is 1.75. The SMILES string of the molecule is Cc1oc(C(=O)O)cc1COc1ccc(-c2ccccc2C(F)C(F)F)cc1. The Morgan fingerprint density at radius 3 is 2.39 bits per heavy atom. The highest BCUT2D eigenvalue weighted by Gasteiger charge is 2.24. The van der Waals surface area contributed by atoms with Crippen molar-refractivity contribution in [2.45, 2.75) is 26.1 Å². The van der Waals surface area contributed by atoms with Crippen molar-refractivity contribution in [1.82, 2.24) is 0 Å². The molecule has 0 spiro atoms. The first-order valence-corrected chi connectivity index (χ1v) is 8.44. The van der Waals surface area contributed by atoms with Crippen molar-refractivity contribution in [2.75, 3.05) is 0 Å². The summed E-state index contributed by atoms with van der Waals surface area (Å²) in [6.45, 7) is 1.75. The summed E-state index contributed by atoms with van der Waals surface area (Å²) in [4.78, 5) is 10.9. The number of hydrogen-bond acceptors (Lipinski definition) is 3. The Bertz CT molecular complexity index is 964. The van der Waals surface area contributed by atoms with Crippen LogP contribution in [0.25, 0.3) is 11.1 Å². The molecule has 146 valence electrons. The summed E-state index contributed by atoms with van der Waals surface area (Å²) >= 11 is 0. The van der Waals surface area contributed by atoms with Gasteiger partial charge in [-0.25, -0.2) is 18.0 Å². The Labute approximate surface area is 159 Å². The van der Waals surface area contributed by atoms with Gasteiger partial charge in [0.2, 0.25) is 5.76 Å². The van der Waals surface area contributed by atoms with Gasteiger partial charge in [-0.1, -0.05) is 36.4 Å². The van der Waals surface area contributed by atoms with Crippen LogP contribution >= 0.6 is 0 Å². The van der Waals surface area contributed by atoms with Gasteiger partial charge in [0.15, 0.2) is 6.17 Å². The highest BCUT2D eigenvalue weighted by Crippen LogP contribution is 2.34. The van der Waals surface area contributed by atoms with E-state index in [0.717, 1.165) is 0 Å². The number of alkyl halides is 3. The molecule has 3 aromatic rings. The minimum Gasteiger partial charge on any atom is -0.489 e. The van der Waals surface area contributed by atoms with Crippen molar-refractivity contribution in [3.63, 3.8) is 0 Å². The standard InChI is InChI=1S/C21H17F3O4/c1-12-14(10-18(28-12)21(25)26)11-27-15-8-6-13(7-9-15)16-4-2-3-5-17(16)19(22)20(23)24/h2-10,19-20H,11H2,1H3,(H,25,26). The fourth-order valence-electron chi connectivity index (χ4n) is 2.80. The number of carboxylic acid groups (broad SMARTS) is 1. The van der Waals surface area contributed by atoms with E-state index in [2.05, 4.69) is 0 Å². The van der Waals surface area contributed by atoms with Gasteiger partial charge in [0.25, 0.3) is 6.43 Å². The third-order valence-electron chi connectivity index (χ3n) is 4.27. The number of ether oxygens (including phenoxy) is 1. The van der Waals surface area contributed by atoms with Gasteiger partial charge in [-0.15, -0.1) is 0 Å². The van der Waals surface area contributed by atoms with Gasteiger partial charge in [-0.05, 0) is 41.8 Å². The third-order valence-corrected chi connectivity index (χ3v) is 4.27. The van der Waals surface area contributed by atoms with Crippen LogP contribution in [0.5, 0.6) is 5.75 Å². The number of carbonyl (C=O) groups is 1. The number of hydrogen-bond donors (Lipinski definition) is 1. The van der Waals surface area contributed by atoms with Gasteiger partial charge < -0.3 is 14.3 Å². The molecular weight excluding hydrogens is 373 g/mol. The molecule has 0 saturated carbocycles. The fraction of sp³-hybridized carbons (Fsp3) is 0.190. The van der Waals surface area contributed by atoms with E-state index in [-0.39, 0.29) is 17.9 Å². The van der Waals surface area contributed by atoms with E-state index in [1.54, 1.807) is 43.3 Å². The van der Waals surface area contributed by atoms with E-state index in [0.29, 0.717) is 28.2 Å². The first-order chi connectivity index (χ1) is 13.4. The molecule has 1 aromatic heterocycles. The van der Waals surface area contributed by atoms with Gasteiger partial charge in [-0.3, -0.25) is 0 Å². The molecule has 1 unspecified atom stereocenters. The van der Waals surface area contributed by atoms with Gasteiger partial charge in [0.05, 0.1) is 0 Å². The van der Waals surface area contributed by atoms with E-state index in [1.165, 1.54) is 18.2 Å². The molecule has 1 heterocycles. The molecule has 4 nitrogen and oxygen atoms in total. The molecule has 0 aliphatic heterocycles. The Morgan fingerprint density at radius 2 is 1.79 bits per heavy atom. The lowest BCUT2D eigenvalue weighted by Crippen LogP contribution is -2.04. The second-order valence-corrected chi connectivity index (χ2v) is 6.13. The minimum absolute atomic E-state index is 0.0682. The lowest BCUT2D eigenvalue weighted by atomic mass is 9.97. The fourth-order valence-corrected chi connectivity index (χ4v) is 2.80. The Morgan fingerprint density at radius 1 is 1.11 bits per heavy atom. The summed E-state index contributed by atoms with van der Waals surface area (Å²) in [5.41, 5.74) is 1.50. The molecule has 0 aliphatic rings. The van der Waals surface area contributed by atoms with Crippen LogP contribution in [-0.4, -0.2) is 17.5 Å². The molecule has 0 amide bonds. The quantitative estimate of drug-likeness (QED) is 0.553. The van der Waals surface area contributed by atoms with Crippen molar-refractivity contribution in [3.8, 4) is 16.9 Å². The topological polar surface area (TPSA) is 59.7 Å².